The zero-order valence-corrected chi connectivity index (χ0v) is 9.52. The van der Waals surface area contributed by atoms with Crippen LogP contribution in [-0.2, 0) is 6.54 Å². The van der Waals surface area contributed by atoms with Gasteiger partial charge in [-0.3, -0.25) is 10.3 Å². The van der Waals surface area contributed by atoms with Crippen LogP contribution in [0.2, 0.25) is 0 Å². The van der Waals surface area contributed by atoms with E-state index in [4.69, 9.17) is 11.1 Å². The van der Waals surface area contributed by atoms with Gasteiger partial charge in [0.2, 0.25) is 0 Å². The molecular weight excluding hydrogens is 198 g/mol. The number of nitrogens with two attached hydrogens (primary N) is 1. The maximum Gasteiger partial charge on any atom is 0.0949 e. The average molecular weight is 217 g/mol. The number of benzene rings is 1. The molecule has 0 spiro atoms. The molecule has 0 aliphatic carbocycles. The molecule has 3 nitrogen and oxygen atoms in total. The number of rotatable bonds is 3. The first-order chi connectivity index (χ1) is 7.75. The van der Waals surface area contributed by atoms with E-state index < -0.39 is 0 Å². The summed E-state index contributed by atoms with van der Waals surface area (Å²) in [6.45, 7) is 3.04. The Morgan fingerprint density at radius 1 is 1.38 bits per heavy atom. The summed E-state index contributed by atoms with van der Waals surface area (Å²) in [4.78, 5) is 2.39. The van der Waals surface area contributed by atoms with E-state index in [9.17, 15) is 0 Å². The van der Waals surface area contributed by atoms with E-state index in [2.05, 4.69) is 29.2 Å². The SMILES string of the molecule is N=C(N)C1CCCN(Cc2ccccc2)C1. The third-order valence-corrected chi connectivity index (χ3v) is 3.19. The molecule has 3 heteroatoms. The van der Waals surface area contributed by atoms with Gasteiger partial charge in [0.15, 0.2) is 0 Å². The zero-order chi connectivity index (χ0) is 11.4. The summed E-state index contributed by atoms with van der Waals surface area (Å²) in [6.07, 6.45) is 2.22. The van der Waals surface area contributed by atoms with Gasteiger partial charge in [-0.2, -0.15) is 0 Å². The highest BCUT2D eigenvalue weighted by molar-refractivity contribution is 5.79. The first kappa shape index (κ1) is 11.1. The van der Waals surface area contributed by atoms with Gasteiger partial charge in [0.25, 0.3) is 0 Å². The minimum absolute atomic E-state index is 0.262. The summed E-state index contributed by atoms with van der Waals surface area (Å²) < 4.78 is 0. The van der Waals surface area contributed by atoms with Gasteiger partial charge in [-0.15, -0.1) is 0 Å². The number of amidine groups is 1. The summed E-state index contributed by atoms with van der Waals surface area (Å²) >= 11 is 0. The van der Waals surface area contributed by atoms with Crippen LogP contribution in [0.5, 0.6) is 0 Å². The van der Waals surface area contributed by atoms with Crippen molar-refractivity contribution in [3.8, 4) is 0 Å². The fourth-order valence-electron chi connectivity index (χ4n) is 2.29. The molecule has 0 saturated carbocycles. The average Bonchev–Trinajstić information content (AvgIpc) is 2.30. The van der Waals surface area contributed by atoms with Crippen molar-refractivity contribution in [3.05, 3.63) is 35.9 Å². The number of nitrogens with one attached hydrogen (secondary N) is 1. The Labute approximate surface area is 96.8 Å². The van der Waals surface area contributed by atoms with Crippen LogP contribution in [0.15, 0.2) is 30.3 Å². The van der Waals surface area contributed by atoms with Gasteiger partial charge in [-0.1, -0.05) is 30.3 Å². The third-order valence-electron chi connectivity index (χ3n) is 3.19. The highest BCUT2D eigenvalue weighted by Gasteiger charge is 2.21. The fraction of sp³-hybridized carbons (Fsp3) is 0.462. The molecule has 0 radical (unpaired) electrons. The number of likely N-dealkylation sites (tertiary alicyclic amines) is 1. The lowest BCUT2D eigenvalue weighted by molar-refractivity contribution is 0.196. The molecule has 0 amide bonds. The molecule has 1 aromatic carbocycles. The predicted octanol–water partition coefficient (Wildman–Crippen LogP) is 1.83. The molecule has 3 N–H and O–H groups in total. The van der Waals surface area contributed by atoms with Crippen LogP contribution in [0.4, 0.5) is 0 Å². The lowest BCUT2D eigenvalue weighted by Gasteiger charge is -2.32. The highest BCUT2D eigenvalue weighted by atomic mass is 15.1. The molecule has 0 bridgehead atoms. The lowest BCUT2D eigenvalue weighted by Crippen LogP contribution is -2.40. The Kier molecular flexibility index (Phi) is 3.57. The van der Waals surface area contributed by atoms with Crippen LogP contribution in [-0.4, -0.2) is 23.8 Å². The summed E-state index contributed by atoms with van der Waals surface area (Å²) in [6, 6.07) is 10.5. The predicted molar refractivity (Wildman–Crippen MR) is 66.4 cm³/mol. The summed E-state index contributed by atoms with van der Waals surface area (Å²) in [5, 5.41) is 7.51. The molecule has 1 heterocycles. The van der Waals surface area contributed by atoms with E-state index in [-0.39, 0.29) is 5.92 Å². The quantitative estimate of drug-likeness (QED) is 0.599. The van der Waals surface area contributed by atoms with Gasteiger partial charge in [-0.25, -0.2) is 0 Å². The molecule has 0 aromatic heterocycles. The fourth-order valence-corrected chi connectivity index (χ4v) is 2.29. The van der Waals surface area contributed by atoms with Crippen LogP contribution in [0.25, 0.3) is 0 Å². The van der Waals surface area contributed by atoms with Crippen LogP contribution in [0.3, 0.4) is 0 Å². The second-order valence-corrected chi connectivity index (χ2v) is 4.52. The van der Waals surface area contributed by atoms with E-state index in [1.54, 1.807) is 0 Å². The van der Waals surface area contributed by atoms with Gasteiger partial charge in [0.1, 0.15) is 0 Å². The number of nitrogens with zero attached hydrogens (tertiary/aromatic N) is 1. The number of piperidine rings is 1. The monoisotopic (exact) mass is 217 g/mol. The van der Waals surface area contributed by atoms with Crippen molar-refractivity contribution in [2.24, 2.45) is 11.7 Å². The van der Waals surface area contributed by atoms with E-state index in [1.165, 1.54) is 5.56 Å². The molecule has 1 atom stereocenters. The summed E-state index contributed by atoms with van der Waals surface area (Å²) in [7, 11) is 0. The Bertz CT molecular complexity index is 347. The van der Waals surface area contributed by atoms with E-state index in [1.807, 2.05) is 6.07 Å². The molecule has 2 rings (SSSR count). The normalized spacial score (nSPS) is 21.9. The van der Waals surface area contributed by atoms with Crippen LogP contribution >= 0.6 is 0 Å². The maximum atomic E-state index is 7.51. The molecule has 1 aliphatic rings. The summed E-state index contributed by atoms with van der Waals surface area (Å²) in [5.74, 6) is 0.607. The smallest absolute Gasteiger partial charge is 0.0949 e. The highest BCUT2D eigenvalue weighted by Crippen LogP contribution is 2.18. The number of hydrogen-bond donors (Lipinski definition) is 2. The van der Waals surface area contributed by atoms with Gasteiger partial charge in [0, 0.05) is 19.0 Å². The molecule has 16 heavy (non-hydrogen) atoms. The molecule has 86 valence electrons. The summed E-state index contributed by atoms with van der Waals surface area (Å²) in [5.41, 5.74) is 6.92. The third kappa shape index (κ3) is 2.83. The first-order valence-electron chi connectivity index (χ1n) is 5.86. The molecule has 1 aromatic rings. The minimum atomic E-state index is 0.262. The molecule has 1 aliphatic heterocycles. The Morgan fingerprint density at radius 3 is 2.81 bits per heavy atom. The van der Waals surface area contributed by atoms with Crippen molar-refractivity contribution in [1.82, 2.24) is 4.90 Å². The van der Waals surface area contributed by atoms with Gasteiger partial charge in [0.05, 0.1) is 5.84 Å². The minimum Gasteiger partial charge on any atom is -0.387 e. The van der Waals surface area contributed by atoms with Crippen LogP contribution in [0, 0.1) is 11.3 Å². The Morgan fingerprint density at radius 2 is 2.12 bits per heavy atom. The van der Waals surface area contributed by atoms with E-state index >= 15 is 0 Å². The van der Waals surface area contributed by atoms with Crippen LogP contribution in [0.1, 0.15) is 18.4 Å². The topological polar surface area (TPSA) is 53.1 Å². The molecule has 1 unspecified atom stereocenters. The Balaban J connectivity index is 1.93. The Hall–Kier alpha value is -1.35. The van der Waals surface area contributed by atoms with Crippen molar-refractivity contribution in [1.29, 1.82) is 5.41 Å². The van der Waals surface area contributed by atoms with Gasteiger partial charge in [-0.05, 0) is 24.9 Å². The van der Waals surface area contributed by atoms with Crippen molar-refractivity contribution >= 4 is 5.84 Å². The first-order valence-corrected chi connectivity index (χ1v) is 5.86. The largest absolute Gasteiger partial charge is 0.387 e. The van der Waals surface area contributed by atoms with Crippen molar-refractivity contribution in [2.75, 3.05) is 13.1 Å². The van der Waals surface area contributed by atoms with E-state index in [0.717, 1.165) is 32.5 Å². The lowest BCUT2D eigenvalue weighted by atomic mass is 9.97. The second-order valence-electron chi connectivity index (χ2n) is 4.52. The standard InChI is InChI=1S/C13H19N3/c14-13(15)12-7-4-8-16(10-12)9-11-5-2-1-3-6-11/h1-3,5-6,12H,4,7-10H2,(H3,14,15). The van der Waals surface area contributed by atoms with Gasteiger partial charge < -0.3 is 5.73 Å². The molecule has 1 saturated heterocycles. The van der Waals surface area contributed by atoms with Crippen molar-refractivity contribution in [3.63, 3.8) is 0 Å². The number of hydrogen-bond acceptors (Lipinski definition) is 2. The van der Waals surface area contributed by atoms with Gasteiger partial charge >= 0.3 is 0 Å². The van der Waals surface area contributed by atoms with E-state index in [0.29, 0.717) is 5.84 Å². The second kappa shape index (κ2) is 5.12. The molecule has 1 fully saturated rings. The van der Waals surface area contributed by atoms with Crippen molar-refractivity contribution in [2.45, 2.75) is 19.4 Å². The van der Waals surface area contributed by atoms with Crippen LogP contribution < -0.4 is 5.73 Å². The molecular formula is C13H19N3. The maximum absolute atomic E-state index is 7.51. The van der Waals surface area contributed by atoms with Crippen molar-refractivity contribution < 1.29 is 0 Å². The zero-order valence-electron chi connectivity index (χ0n) is 9.52.